The summed E-state index contributed by atoms with van der Waals surface area (Å²) in [6, 6.07) is 12.2. The number of fused-ring (bicyclic) bond motifs is 4. The lowest BCUT2D eigenvalue weighted by Crippen LogP contribution is -2.39. The van der Waals surface area contributed by atoms with Gasteiger partial charge in [-0.2, -0.15) is 0 Å². The standard InChI is InChI=1S/C26H30N4O4/c1-33-14-6-8-19-17(10-14)26(25(32)28-19)11-18(26)13-5-7-15-21(9-13)29-30-24(15)27-20-4-2-3-16-22(31)12-34-23(16)20/h2-4,6,8,10,13,15,18,21-22,24,27,29-31H,5,7,9,11-12H2,1H3,(H,28,32)/t13?,15?,18-,21?,22?,24?,26-/m0/s1. The second-order valence-electron chi connectivity index (χ2n) is 10.5. The number of hydrogen-bond acceptors (Lipinski definition) is 7. The second-order valence-corrected chi connectivity index (χ2v) is 10.5. The van der Waals surface area contributed by atoms with Crippen molar-refractivity contribution in [2.24, 2.45) is 17.8 Å². The van der Waals surface area contributed by atoms with E-state index in [0.29, 0.717) is 30.4 Å². The topological polar surface area (TPSA) is 104 Å². The van der Waals surface area contributed by atoms with Gasteiger partial charge in [0.15, 0.2) is 0 Å². The largest absolute Gasteiger partial charge is 0.497 e. The summed E-state index contributed by atoms with van der Waals surface area (Å²) in [7, 11) is 1.67. The number of para-hydroxylation sites is 1. The zero-order valence-corrected chi connectivity index (χ0v) is 19.1. The number of carbonyl (C=O) groups is 1. The number of aliphatic hydroxyl groups is 1. The highest BCUT2D eigenvalue weighted by Gasteiger charge is 2.67. The molecule has 0 radical (unpaired) electrons. The van der Waals surface area contributed by atoms with Crippen molar-refractivity contribution in [3.63, 3.8) is 0 Å². The Bertz CT molecular complexity index is 1170. The van der Waals surface area contributed by atoms with Crippen molar-refractivity contribution in [3.05, 3.63) is 47.5 Å². The first-order valence-corrected chi connectivity index (χ1v) is 12.3. The van der Waals surface area contributed by atoms with Crippen LogP contribution in [0.3, 0.4) is 0 Å². The van der Waals surface area contributed by atoms with Gasteiger partial charge in [0.1, 0.15) is 24.2 Å². The molecule has 2 aromatic carbocycles. The number of aliphatic hydroxyl groups excluding tert-OH is 1. The highest BCUT2D eigenvalue weighted by atomic mass is 16.5. The van der Waals surface area contributed by atoms with Gasteiger partial charge in [-0.25, -0.2) is 5.43 Å². The number of methoxy groups -OCH3 is 1. The maximum absolute atomic E-state index is 13.0. The lowest BCUT2D eigenvalue weighted by molar-refractivity contribution is -0.118. The summed E-state index contributed by atoms with van der Waals surface area (Å²) in [5, 5.41) is 16.8. The fourth-order valence-electron chi connectivity index (χ4n) is 7.03. The zero-order valence-electron chi connectivity index (χ0n) is 19.1. The Morgan fingerprint density at radius 3 is 3.00 bits per heavy atom. The molecule has 2 saturated carbocycles. The molecule has 5 aliphatic rings. The number of ether oxygens (including phenoxy) is 2. The molecule has 5 unspecified atom stereocenters. The smallest absolute Gasteiger partial charge is 0.235 e. The van der Waals surface area contributed by atoms with Crippen molar-refractivity contribution in [1.82, 2.24) is 10.9 Å². The molecule has 3 aliphatic heterocycles. The highest BCUT2D eigenvalue weighted by Crippen LogP contribution is 2.65. The van der Waals surface area contributed by atoms with E-state index >= 15 is 0 Å². The van der Waals surface area contributed by atoms with Gasteiger partial charge < -0.3 is 25.2 Å². The summed E-state index contributed by atoms with van der Waals surface area (Å²) in [6.45, 7) is 0.309. The average Bonchev–Trinajstić information content (AvgIpc) is 3.18. The maximum Gasteiger partial charge on any atom is 0.235 e. The zero-order chi connectivity index (χ0) is 23.0. The van der Waals surface area contributed by atoms with Crippen LogP contribution in [0.4, 0.5) is 11.4 Å². The average molecular weight is 463 g/mol. The summed E-state index contributed by atoms with van der Waals surface area (Å²) in [5.41, 5.74) is 10.4. The van der Waals surface area contributed by atoms with Crippen LogP contribution in [-0.2, 0) is 10.2 Å². The number of amides is 1. The van der Waals surface area contributed by atoms with E-state index in [1.807, 2.05) is 36.4 Å². The van der Waals surface area contributed by atoms with Crippen LogP contribution in [-0.4, -0.2) is 36.9 Å². The Balaban J connectivity index is 1.06. The van der Waals surface area contributed by atoms with E-state index in [-0.39, 0.29) is 17.5 Å². The summed E-state index contributed by atoms with van der Waals surface area (Å²) < 4.78 is 11.2. The minimum absolute atomic E-state index is 0.0896. The van der Waals surface area contributed by atoms with Gasteiger partial charge in [-0.05, 0) is 67.3 Å². The molecule has 8 heteroatoms. The van der Waals surface area contributed by atoms with Crippen LogP contribution in [0.1, 0.15) is 42.9 Å². The Labute approximate surface area is 198 Å². The minimum atomic E-state index is -0.557. The van der Waals surface area contributed by atoms with Crippen LogP contribution in [0.5, 0.6) is 11.5 Å². The molecule has 1 saturated heterocycles. The van der Waals surface area contributed by atoms with Crippen molar-refractivity contribution >= 4 is 17.3 Å². The molecule has 5 N–H and O–H groups in total. The molecule has 3 heterocycles. The van der Waals surface area contributed by atoms with Crippen molar-refractivity contribution in [2.45, 2.75) is 49.4 Å². The van der Waals surface area contributed by atoms with Gasteiger partial charge in [-0.1, -0.05) is 12.1 Å². The van der Waals surface area contributed by atoms with Gasteiger partial charge >= 0.3 is 0 Å². The molecule has 178 valence electrons. The third-order valence-electron chi connectivity index (χ3n) is 8.84. The second kappa shape index (κ2) is 7.34. The number of anilines is 2. The Kier molecular flexibility index (Phi) is 4.44. The van der Waals surface area contributed by atoms with Crippen molar-refractivity contribution < 1.29 is 19.4 Å². The third kappa shape index (κ3) is 2.85. The molecule has 34 heavy (non-hydrogen) atoms. The van der Waals surface area contributed by atoms with Crippen LogP contribution in [0.15, 0.2) is 36.4 Å². The summed E-state index contributed by atoms with van der Waals surface area (Å²) in [6.07, 6.45) is 3.71. The van der Waals surface area contributed by atoms with Crippen LogP contribution in [0.2, 0.25) is 0 Å². The first-order chi connectivity index (χ1) is 16.6. The maximum atomic E-state index is 13.0. The molecule has 3 fully saturated rings. The van der Waals surface area contributed by atoms with Gasteiger partial charge in [0.05, 0.1) is 24.4 Å². The number of carbonyl (C=O) groups excluding carboxylic acids is 1. The van der Waals surface area contributed by atoms with Gasteiger partial charge in [-0.15, -0.1) is 0 Å². The summed E-state index contributed by atoms with van der Waals surface area (Å²) in [5.74, 6) is 3.05. The molecule has 0 bridgehead atoms. The fraction of sp³-hybridized carbons (Fsp3) is 0.500. The highest BCUT2D eigenvalue weighted by molar-refractivity contribution is 6.09. The van der Waals surface area contributed by atoms with Crippen LogP contribution >= 0.6 is 0 Å². The quantitative estimate of drug-likeness (QED) is 0.476. The molecule has 2 aliphatic carbocycles. The predicted octanol–water partition coefficient (Wildman–Crippen LogP) is 2.66. The van der Waals surface area contributed by atoms with Crippen molar-refractivity contribution in [3.8, 4) is 11.5 Å². The molecule has 1 amide bonds. The molecule has 1 spiro atoms. The van der Waals surface area contributed by atoms with E-state index in [2.05, 4.69) is 21.5 Å². The number of benzene rings is 2. The lowest BCUT2D eigenvalue weighted by Gasteiger charge is -2.34. The predicted molar refractivity (Wildman–Crippen MR) is 127 cm³/mol. The normalized spacial score (nSPS) is 36.9. The number of hydrogen-bond donors (Lipinski definition) is 5. The monoisotopic (exact) mass is 462 g/mol. The van der Waals surface area contributed by atoms with E-state index in [4.69, 9.17) is 9.47 Å². The Morgan fingerprint density at radius 1 is 1.21 bits per heavy atom. The van der Waals surface area contributed by atoms with E-state index in [1.165, 1.54) is 0 Å². The fourth-order valence-corrected chi connectivity index (χ4v) is 7.03. The van der Waals surface area contributed by atoms with Gasteiger partial charge in [0.25, 0.3) is 0 Å². The SMILES string of the molecule is COc1ccc2c(c1)[C@]1(C[C@H]1C1CCC3C(C1)NNC3Nc1cccc3c1OCC3O)C(=O)N2. The third-order valence-corrected chi connectivity index (χ3v) is 8.84. The Morgan fingerprint density at radius 2 is 2.12 bits per heavy atom. The van der Waals surface area contributed by atoms with E-state index < -0.39 is 6.10 Å². The van der Waals surface area contributed by atoms with Crippen LogP contribution < -0.4 is 31.0 Å². The molecule has 7 atom stereocenters. The van der Waals surface area contributed by atoms with Crippen LogP contribution in [0, 0.1) is 17.8 Å². The van der Waals surface area contributed by atoms with E-state index in [1.54, 1.807) is 7.11 Å². The molecular formula is C26H30N4O4. The number of hydrazine groups is 1. The van der Waals surface area contributed by atoms with Gasteiger partial charge in [0.2, 0.25) is 5.91 Å². The lowest BCUT2D eigenvalue weighted by atomic mass is 9.74. The minimum Gasteiger partial charge on any atom is -0.497 e. The van der Waals surface area contributed by atoms with E-state index in [0.717, 1.165) is 59.7 Å². The van der Waals surface area contributed by atoms with Crippen molar-refractivity contribution in [2.75, 3.05) is 24.4 Å². The van der Waals surface area contributed by atoms with E-state index in [9.17, 15) is 9.90 Å². The summed E-state index contributed by atoms with van der Waals surface area (Å²) >= 11 is 0. The molecular weight excluding hydrogens is 432 g/mol. The molecule has 2 aromatic rings. The first-order valence-electron chi connectivity index (χ1n) is 12.3. The number of rotatable bonds is 4. The van der Waals surface area contributed by atoms with Crippen molar-refractivity contribution in [1.29, 1.82) is 0 Å². The first kappa shape index (κ1) is 20.6. The molecule has 0 aromatic heterocycles. The summed E-state index contributed by atoms with van der Waals surface area (Å²) in [4.78, 5) is 13.0. The Hall–Kier alpha value is -2.81. The van der Waals surface area contributed by atoms with Crippen LogP contribution in [0.25, 0.3) is 0 Å². The van der Waals surface area contributed by atoms with Gasteiger partial charge in [-0.3, -0.25) is 10.2 Å². The molecule has 7 rings (SSSR count). The van der Waals surface area contributed by atoms with Gasteiger partial charge in [0, 0.05) is 23.2 Å². The number of nitrogens with one attached hydrogen (secondary N) is 4. The molecule has 8 nitrogen and oxygen atoms in total.